The summed E-state index contributed by atoms with van der Waals surface area (Å²) in [6.45, 7) is 0. The summed E-state index contributed by atoms with van der Waals surface area (Å²) >= 11 is 0.963. The van der Waals surface area contributed by atoms with Crippen molar-refractivity contribution in [1.29, 1.82) is 0 Å². The average Bonchev–Trinajstić information content (AvgIpc) is 2.12. The van der Waals surface area contributed by atoms with Crippen LogP contribution in [-0.4, -0.2) is 6.36 Å². The average molecular weight is 169 g/mol. The lowest BCUT2D eigenvalue weighted by atomic mass is 10.5. The van der Waals surface area contributed by atoms with E-state index in [-0.39, 0.29) is 11.9 Å². The zero-order valence-electron chi connectivity index (χ0n) is 4.81. The summed E-state index contributed by atoms with van der Waals surface area (Å²) in [4.78, 5) is 0. The van der Waals surface area contributed by atoms with Gasteiger partial charge in [-0.3, -0.25) is 4.74 Å². The Morgan fingerprint density at radius 1 is 1.50 bits per heavy atom. The van der Waals surface area contributed by atoms with Crippen molar-refractivity contribution in [3.05, 3.63) is 16.9 Å². The highest BCUT2D eigenvalue weighted by atomic mass is 32.2. The molecule has 0 aromatic rings. The van der Waals surface area contributed by atoms with Gasteiger partial charge in [-0.2, -0.15) is 0 Å². The molecule has 0 unspecified atom stereocenters. The molecule has 0 N–H and O–H groups in total. The van der Waals surface area contributed by atoms with Crippen LogP contribution in [-0.2, 0) is 4.74 Å². The van der Waals surface area contributed by atoms with Gasteiger partial charge in [-0.25, -0.2) is 0 Å². The van der Waals surface area contributed by atoms with Gasteiger partial charge < -0.3 is 0 Å². The second-order valence-corrected chi connectivity index (χ2v) is 2.58. The van der Waals surface area contributed by atoms with Gasteiger partial charge >= 0.3 is 6.36 Å². The van der Waals surface area contributed by atoms with Crippen molar-refractivity contribution in [2.75, 3.05) is 0 Å². The van der Waals surface area contributed by atoms with E-state index in [0.717, 1.165) is 11.8 Å². The van der Waals surface area contributed by atoms with Gasteiger partial charge in [0.1, 0.15) is 0 Å². The quantitative estimate of drug-likeness (QED) is 0.596. The van der Waals surface area contributed by atoms with E-state index in [4.69, 9.17) is 0 Å². The van der Waals surface area contributed by atoms with Crippen LogP contribution in [0.3, 0.4) is 0 Å². The standard InChI is InChI=1S/C5H4F3OS/c6-5(7,8)9-4-2-1-3-10-4/h1,3H,2H2. The van der Waals surface area contributed by atoms with Crippen LogP contribution in [0.2, 0.25) is 0 Å². The number of thioether (sulfide) groups is 1. The lowest BCUT2D eigenvalue weighted by Crippen LogP contribution is -2.14. The van der Waals surface area contributed by atoms with Gasteiger partial charge in [-0.1, -0.05) is 17.8 Å². The summed E-state index contributed by atoms with van der Waals surface area (Å²) in [5.74, 6) is 0. The molecular formula is C5H4F3OS. The molecule has 0 aliphatic carbocycles. The summed E-state index contributed by atoms with van der Waals surface area (Å²) in [5.41, 5.74) is -0.00694. The van der Waals surface area contributed by atoms with Crippen LogP contribution in [0.5, 0.6) is 0 Å². The van der Waals surface area contributed by atoms with Gasteiger partial charge in [-0.05, 0) is 5.41 Å². The molecular weight excluding hydrogens is 165 g/mol. The van der Waals surface area contributed by atoms with Crippen molar-refractivity contribution in [2.24, 2.45) is 0 Å². The minimum absolute atomic E-state index is 0.00694. The minimum Gasteiger partial charge on any atom is -0.269 e. The molecule has 57 valence electrons. The van der Waals surface area contributed by atoms with Gasteiger partial charge in [-0.15, -0.1) is 13.2 Å². The fourth-order valence-electron chi connectivity index (χ4n) is 0.511. The first-order valence-electron chi connectivity index (χ1n) is 2.51. The van der Waals surface area contributed by atoms with Crippen molar-refractivity contribution in [3.63, 3.8) is 0 Å². The predicted octanol–water partition coefficient (Wildman–Crippen LogP) is 2.66. The van der Waals surface area contributed by atoms with E-state index in [1.54, 1.807) is 11.5 Å². The molecule has 5 heteroatoms. The summed E-state index contributed by atoms with van der Waals surface area (Å²) < 4.78 is 37.9. The van der Waals surface area contributed by atoms with E-state index >= 15 is 0 Å². The van der Waals surface area contributed by atoms with Crippen LogP contribution >= 0.6 is 11.8 Å². The highest BCUT2D eigenvalue weighted by Crippen LogP contribution is 2.37. The molecule has 0 spiro atoms. The van der Waals surface area contributed by atoms with E-state index in [2.05, 4.69) is 4.74 Å². The number of halogens is 3. The van der Waals surface area contributed by atoms with Crippen molar-refractivity contribution in [2.45, 2.75) is 12.8 Å². The molecule has 0 aromatic heterocycles. The van der Waals surface area contributed by atoms with Gasteiger partial charge in [0.25, 0.3) is 0 Å². The van der Waals surface area contributed by atoms with E-state index in [9.17, 15) is 13.2 Å². The SMILES string of the molecule is FC(F)(F)O[C]1CC=CS1. The maximum absolute atomic E-state index is 11.4. The molecule has 0 aromatic carbocycles. The third kappa shape index (κ3) is 2.62. The maximum atomic E-state index is 11.4. The van der Waals surface area contributed by atoms with Gasteiger partial charge in [0.05, 0.1) is 0 Å². The second-order valence-electron chi connectivity index (χ2n) is 1.61. The van der Waals surface area contributed by atoms with Gasteiger partial charge in [0.2, 0.25) is 0 Å². The molecule has 0 bridgehead atoms. The number of ether oxygens (including phenoxy) is 1. The molecule has 1 aliphatic rings. The zero-order chi connectivity index (χ0) is 7.61. The summed E-state index contributed by atoms with van der Waals surface area (Å²) in [7, 11) is 0. The first-order chi connectivity index (χ1) is 4.58. The van der Waals surface area contributed by atoms with E-state index in [1.165, 1.54) is 0 Å². The normalized spacial score (nSPS) is 20.3. The third-order valence-electron chi connectivity index (χ3n) is 0.810. The Bertz CT molecular complexity index is 134. The molecule has 1 heterocycles. The predicted molar refractivity (Wildman–Crippen MR) is 31.7 cm³/mol. The molecule has 0 saturated carbocycles. The Balaban J connectivity index is 2.26. The Morgan fingerprint density at radius 2 is 2.20 bits per heavy atom. The lowest BCUT2D eigenvalue weighted by molar-refractivity contribution is -0.312. The summed E-state index contributed by atoms with van der Waals surface area (Å²) in [6.07, 6.45) is -2.66. The number of hydrogen-bond donors (Lipinski definition) is 0. The van der Waals surface area contributed by atoms with E-state index < -0.39 is 6.36 Å². The van der Waals surface area contributed by atoms with Crippen LogP contribution in [0.25, 0.3) is 0 Å². The van der Waals surface area contributed by atoms with Crippen molar-refractivity contribution in [3.8, 4) is 0 Å². The number of alkyl halides is 3. The Hall–Kier alpha value is -0.160. The Labute approximate surface area is 60.2 Å². The molecule has 1 nitrogen and oxygen atoms in total. The largest absolute Gasteiger partial charge is 0.524 e. The number of hydrogen-bond acceptors (Lipinski definition) is 2. The van der Waals surface area contributed by atoms with Crippen LogP contribution in [0, 0.1) is 5.44 Å². The molecule has 1 rings (SSSR count). The minimum atomic E-state index is -4.53. The Morgan fingerprint density at radius 3 is 2.60 bits per heavy atom. The zero-order valence-corrected chi connectivity index (χ0v) is 5.63. The van der Waals surface area contributed by atoms with Crippen molar-refractivity contribution in [1.82, 2.24) is 0 Å². The van der Waals surface area contributed by atoms with Crippen LogP contribution in [0.1, 0.15) is 6.42 Å². The summed E-state index contributed by atoms with van der Waals surface area (Å²) in [6, 6.07) is 0. The first kappa shape index (κ1) is 7.94. The molecule has 1 radical (unpaired) electrons. The highest BCUT2D eigenvalue weighted by Gasteiger charge is 2.34. The van der Waals surface area contributed by atoms with Crippen molar-refractivity contribution < 1.29 is 17.9 Å². The Kier molecular flexibility index (Phi) is 2.25. The molecule has 1 aliphatic heterocycles. The third-order valence-corrected chi connectivity index (χ3v) is 1.65. The monoisotopic (exact) mass is 169 g/mol. The topological polar surface area (TPSA) is 9.23 Å². The molecule has 10 heavy (non-hydrogen) atoms. The van der Waals surface area contributed by atoms with Crippen LogP contribution < -0.4 is 0 Å². The molecule has 0 saturated heterocycles. The first-order valence-corrected chi connectivity index (χ1v) is 3.39. The van der Waals surface area contributed by atoms with E-state index in [0.29, 0.717) is 0 Å². The van der Waals surface area contributed by atoms with Crippen LogP contribution in [0.4, 0.5) is 13.2 Å². The fourth-order valence-corrected chi connectivity index (χ4v) is 1.19. The second kappa shape index (κ2) is 2.84. The van der Waals surface area contributed by atoms with E-state index in [1.807, 2.05) is 0 Å². The van der Waals surface area contributed by atoms with Crippen molar-refractivity contribution >= 4 is 11.8 Å². The van der Waals surface area contributed by atoms with Crippen LogP contribution in [0.15, 0.2) is 11.5 Å². The molecule has 0 atom stereocenters. The van der Waals surface area contributed by atoms with Gasteiger partial charge in [0, 0.05) is 6.42 Å². The maximum Gasteiger partial charge on any atom is 0.524 e. The molecule has 0 amide bonds. The highest BCUT2D eigenvalue weighted by molar-refractivity contribution is 8.04. The fraction of sp³-hybridized carbons (Fsp3) is 0.400. The lowest BCUT2D eigenvalue weighted by Gasteiger charge is -2.10. The smallest absolute Gasteiger partial charge is 0.269 e. The molecule has 0 fully saturated rings. The summed E-state index contributed by atoms with van der Waals surface area (Å²) in [5, 5.41) is 1.57. The van der Waals surface area contributed by atoms with Gasteiger partial charge in [0.15, 0.2) is 5.44 Å². The number of rotatable bonds is 1.